The van der Waals surface area contributed by atoms with Crippen LogP contribution in [0.1, 0.15) is 21.1 Å². The normalized spacial score (nSPS) is 14.8. The molecular formula is C24H23N5OS. The summed E-state index contributed by atoms with van der Waals surface area (Å²) in [7, 11) is 0. The van der Waals surface area contributed by atoms with E-state index in [0.717, 1.165) is 52.5 Å². The number of carbonyl (C=O) groups is 1. The van der Waals surface area contributed by atoms with E-state index in [2.05, 4.69) is 20.2 Å². The molecule has 31 heavy (non-hydrogen) atoms. The molecule has 1 aliphatic heterocycles. The number of pyridine rings is 2. The SMILES string of the molecule is Cc1nc(CN2CCN(C(=O)c3cc(-c4cccnc4)nc4ccccc34)CC2)cs1. The average Bonchev–Trinajstić information content (AvgIpc) is 3.23. The first-order valence-electron chi connectivity index (χ1n) is 10.4. The van der Waals surface area contributed by atoms with Crippen LogP contribution in [0.4, 0.5) is 0 Å². The van der Waals surface area contributed by atoms with E-state index in [1.807, 2.05) is 54.3 Å². The van der Waals surface area contributed by atoms with Crippen LogP contribution in [-0.4, -0.2) is 56.8 Å². The third kappa shape index (κ3) is 4.19. The number of piperazine rings is 1. The van der Waals surface area contributed by atoms with Gasteiger partial charge in [-0.1, -0.05) is 18.2 Å². The smallest absolute Gasteiger partial charge is 0.254 e. The summed E-state index contributed by atoms with van der Waals surface area (Å²) in [5.41, 5.74) is 4.32. The maximum absolute atomic E-state index is 13.5. The molecule has 1 fully saturated rings. The van der Waals surface area contributed by atoms with Crippen LogP contribution in [-0.2, 0) is 6.54 Å². The molecule has 0 unspecified atom stereocenters. The van der Waals surface area contributed by atoms with Gasteiger partial charge in [0.15, 0.2) is 0 Å². The van der Waals surface area contributed by atoms with Gasteiger partial charge >= 0.3 is 0 Å². The molecule has 0 aliphatic carbocycles. The molecule has 0 N–H and O–H groups in total. The molecule has 3 aromatic heterocycles. The van der Waals surface area contributed by atoms with E-state index in [0.29, 0.717) is 18.7 Å². The molecule has 0 radical (unpaired) electrons. The summed E-state index contributed by atoms with van der Waals surface area (Å²) in [5, 5.41) is 4.11. The van der Waals surface area contributed by atoms with Crippen molar-refractivity contribution in [2.24, 2.45) is 0 Å². The fourth-order valence-corrected chi connectivity index (χ4v) is 4.61. The van der Waals surface area contributed by atoms with E-state index in [1.54, 1.807) is 23.7 Å². The van der Waals surface area contributed by atoms with Crippen LogP contribution in [0, 0.1) is 6.92 Å². The molecule has 6 nitrogen and oxygen atoms in total. The molecule has 1 amide bonds. The summed E-state index contributed by atoms with van der Waals surface area (Å²) >= 11 is 1.68. The lowest BCUT2D eigenvalue weighted by Crippen LogP contribution is -2.48. The van der Waals surface area contributed by atoms with Crippen molar-refractivity contribution in [3.63, 3.8) is 0 Å². The van der Waals surface area contributed by atoms with Gasteiger partial charge in [0, 0.05) is 61.4 Å². The molecule has 156 valence electrons. The van der Waals surface area contributed by atoms with Gasteiger partial charge in [-0.25, -0.2) is 9.97 Å². The van der Waals surface area contributed by atoms with Crippen LogP contribution < -0.4 is 0 Å². The van der Waals surface area contributed by atoms with Crippen molar-refractivity contribution in [2.45, 2.75) is 13.5 Å². The molecular weight excluding hydrogens is 406 g/mol. The number of hydrogen-bond acceptors (Lipinski definition) is 6. The predicted octanol–water partition coefficient (Wildman–Crippen LogP) is 4.02. The number of nitrogens with zero attached hydrogens (tertiary/aromatic N) is 5. The van der Waals surface area contributed by atoms with Crippen molar-refractivity contribution in [2.75, 3.05) is 26.2 Å². The number of amides is 1. The zero-order valence-corrected chi connectivity index (χ0v) is 18.2. The highest BCUT2D eigenvalue weighted by molar-refractivity contribution is 7.09. The van der Waals surface area contributed by atoms with Gasteiger partial charge in [0.25, 0.3) is 5.91 Å². The summed E-state index contributed by atoms with van der Waals surface area (Å²) < 4.78 is 0. The Morgan fingerprint density at radius 3 is 2.65 bits per heavy atom. The number of para-hydroxylation sites is 1. The molecule has 1 aromatic carbocycles. The zero-order chi connectivity index (χ0) is 21.2. The molecule has 0 spiro atoms. The van der Waals surface area contributed by atoms with E-state index >= 15 is 0 Å². The Hall–Kier alpha value is -3.16. The Bertz CT molecular complexity index is 1220. The van der Waals surface area contributed by atoms with Crippen LogP contribution in [0.5, 0.6) is 0 Å². The summed E-state index contributed by atoms with van der Waals surface area (Å²) in [6.07, 6.45) is 3.52. The van der Waals surface area contributed by atoms with Crippen LogP contribution >= 0.6 is 11.3 Å². The third-order valence-electron chi connectivity index (χ3n) is 5.62. The number of thiazole rings is 1. The van der Waals surface area contributed by atoms with E-state index < -0.39 is 0 Å². The number of rotatable bonds is 4. The standard InChI is InChI=1S/C24H23N5OS/c1-17-26-19(16-31-17)15-28-9-11-29(12-10-28)24(30)21-13-23(18-5-4-8-25-14-18)27-22-7-3-2-6-20(21)22/h2-8,13-14,16H,9-12,15H2,1H3. The summed E-state index contributed by atoms with van der Waals surface area (Å²) in [5.74, 6) is 0.0629. The van der Waals surface area contributed by atoms with Crippen molar-refractivity contribution < 1.29 is 4.79 Å². The molecule has 0 atom stereocenters. The fraction of sp³-hybridized carbons (Fsp3) is 0.250. The molecule has 0 bridgehead atoms. The van der Waals surface area contributed by atoms with Crippen molar-refractivity contribution in [1.29, 1.82) is 0 Å². The first kappa shape index (κ1) is 19.8. The topological polar surface area (TPSA) is 62.2 Å². The lowest BCUT2D eigenvalue weighted by molar-refractivity contribution is 0.0629. The number of hydrogen-bond donors (Lipinski definition) is 0. The quantitative estimate of drug-likeness (QED) is 0.490. The largest absolute Gasteiger partial charge is 0.336 e. The van der Waals surface area contributed by atoms with Crippen molar-refractivity contribution in [3.8, 4) is 11.3 Å². The minimum absolute atomic E-state index is 0.0629. The monoisotopic (exact) mass is 429 g/mol. The van der Waals surface area contributed by atoms with Gasteiger partial charge in [-0.2, -0.15) is 0 Å². The molecule has 4 heterocycles. The minimum Gasteiger partial charge on any atom is -0.336 e. The van der Waals surface area contributed by atoms with Crippen LogP contribution in [0.15, 0.2) is 60.2 Å². The van der Waals surface area contributed by atoms with Gasteiger partial charge in [-0.3, -0.25) is 14.7 Å². The second kappa shape index (κ2) is 8.53. The molecule has 4 aromatic rings. The van der Waals surface area contributed by atoms with E-state index in [1.165, 1.54) is 0 Å². The first-order valence-corrected chi connectivity index (χ1v) is 11.3. The van der Waals surface area contributed by atoms with Crippen LogP contribution in [0.25, 0.3) is 22.2 Å². The second-order valence-corrected chi connectivity index (χ2v) is 8.80. The second-order valence-electron chi connectivity index (χ2n) is 7.74. The van der Waals surface area contributed by atoms with Gasteiger partial charge in [0.2, 0.25) is 0 Å². The minimum atomic E-state index is 0.0629. The van der Waals surface area contributed by atoms with Crippen molar-refractivity contribution >= 4 is 28.1 Å². The van der Waals surface area contributed by atoms with Crippen LogP contribution in [0.3, 0.4) is 0 Å². The highest BCUT2D eigenvalue weighted by Crippen LogP contribution is 2.26. The van der Waals surface area contributed by atoms with E-state index in [9.17, 15) is 4.79 Å². The number of fused-ring (bicyclic) bond motifs is 1. The number of aromatic nitrogens is 3. The van der Waals surface area contributed by atoms with E-state index in [-0.39, 0.29) is 5.91 Å². The van der Waals surface area contributed by atoms with E-state index in [4.69, 9.17) is 4.98 Å². The highest BCUT2D eigenvalue weighted by Gasteiger charge is 2.24. The Morgan fingerprint density at radius 1 is 1.06 bits per heavy atom. The Morgan fingerprint density at radius 2 is 1.90 bits per heavy atom. The maximum Gasteiger partial charge on any atom is 0.254 e. The van der Waals surface area contributed by atoms with Gasteiger partial charge in [0.1, 0.15) is 0 Å². The lowest BCUT2D eigenvalue weighted by atomic mass is 10.0. The maximum atomic E-state index is 13.5. The van der Waals surface area contributed by atoms with Crippen LogP contribution in [0.2, 0.25) is 0 Å². The molecule has 5 rings (SSSR count). The summed E-state index contributed by atoms with van der Waals surface area (Å²) in [6, 6.07) is 13.6. The average molecular weight is 430 g/mol. The molecule has 1 saturated heterocycles. The Labute approximate surface area is 185 Å². The van der Waals surface area contributed by atoms with Gasteiger partial charge in [0.05, 0.1) is 27.5 Å². The Balaban J connectivity index is 1.38. The summed E-state index contributed by atoms with van der Waals surface area (Å²) in [4.78, 5) is 31.4. The molecule has 1 aliphatic rings. The number of aryl methyl sites for hydroxylation is 1. The van der Waals surface area contributed by atoms with Gasteiger partial charge < -0.3 is 4.90 Å². The van der Waals surface area contributed by atoms with Gasteiger partial charge in [-0.15, -0.1) is 11.3 Å². The molecule has 7 heteroatoms. The van der Waals surface area contributed by atoms with Crippen molar-refractivity contribution in [3.05, 3.63) is 76.5 Å². The first-order chi connectivity index (χ1) is 15.2. The number of benzene rings is 1. The third-order valence-corrected chi connectivity index (χ3v) is 6.44. The predicted molar refractivity (Wildman–Crippen MR) is 123 cm³/mol. The van der Waals surface area contributed by atoms with Gasteiger partial charge in [-0.05, 0) is 31.2 Å². The fourth-order valence-electron chi connectivity index (χ4n) is 4.00. The number of carbonyl (C=O) groups excluding carboxylic acids is 1. The molecule has 0 saturated carbocycles. The Kier molecular flexibility index (Phi) is 5.44. The lowest BCUT2D eigenvalue weighted by Gasteiger charge is -2.34. The highest BCUT2D eigenvalue weighted by atomic mass is 32.1. The zero-order valence-electron chi connectivity index (χ0n) is 17.4. The summed E-state index contributed by atoms with van der Waals surface area (Å²) in [6.45, 7) is 5.99. The van der Waals surface area contributed by atoms with Crippen molar-refractivity contribution in [1.82, 2.24) is 24.8 Å².